The topological polar surface area (TPSA) is 139 Å². The maximum atomic E-state index is 10.8. The number of alkyl halides is 1. The Morgan fingerprint density at radius 1 is 1.56 bits per heavy atom. The van der Waals surface area contributed by atoms with Crippen molar-refractivity contribution in [2.45, 2.75) is 0 Å². The summed E-state index contributed by atoms with van der Waals surface area (Å²) in [6.07, 6.45) is 0. The van der Waals surface area contributed by atoms with Crippen molar-refractivity contribution in [3.05, 3.63) is 27.8 Å². The van der Waals surface area contributed by atoms with Crippen molar-refractivity contribution in [1.29, 1.82) is 0 Å². The van der Waals surface area contributed by atoms with Crippen LogP contribution in [0.25, 0.3) is 0 Å². The monoisotopic (exact) mass is 273 g/mol. The van der Waals surface area contributed by atoms with Gasteiger partial charge in [0, 0.05) is 6.07 Å². The lowest BCUT2D eigenvalue weighted by Gasteiger charge is -2.03. The fourth-order valence-corrected chi connectivity index (χ4v) is 1.23. The molecule has 0 aliphatic rings. The van der Waals surface area contributed by atoms with Gasteiger partial charge in [-0.25, -0.2) is 9.79 Å². The van der Waals surface area contributed by atoms with Crippen LogP contribution in [0.3, 0.4) is 0 Å². The number of rotatable bonds is 4. The Labute approximate surface area is 105 Å². The second-order valence-electron chi connectivity index (χ2n) is 3.16. The number of aliphatic imine (C=N–C) groups is 1. The van der Waals surface area contributed by atoms with Crippen molar-refractivity contribution in [2.75, 3.05) is 5.88 Å². The Balaban J connectivity index is 3.48. The van der Waals surface area contributed by atoms with Gasteiger partial charge in [-0.05, 0) is 6.07 Å². The van der Waals surface area contributed by atoms with Gasteiger partial charge in [-0.15, -0.1) is 11.6 Å². The fraction of sp³-hybridized carbons (Fsp3) is 0.111. The van der Waals surface area contributed by atoms with E-state index in [0.717, 1.165) is 12.1 Å². The van der Waals surface area contributed by atoms with Gasteiger partial charge >= 0.3 is 11.7 Å². The molecule has 0 atom stereocenters. The van der Waals surface area contributed by atoms with Gasteiger partial charge in [0.1, 0.15) is 11.4 Å². The number of hydrogen-bond acceptors (Lipinski definition) is 5. The Kier molecular flexibility index (Phi) is 4.05. The van der Waals surface area contributed by atoms with Crippen molar-refractivity contribution in [3.63, 3.8) is 0 Å². The number of nitrogens with two attached hydrogens (primary N) is 1. The Morgan fingerprint density at radius 3 is 2.61 bits per heavy atom. The van der Waals surface area contributed by atoms with Gasteiger partial charge in [0.15, 0.2) is 0 Å². The van der Waals surface area contributed by atoms with E-state index in [4.69, 9.17) is 22.4 Å². The lowest BCUT2D eigenvalue weighted by atomic mass is 10.1. The zero-order valence-corrected chi connectivity index (χ0v) is 9.59. The molecule has 1 aromatic rings. The molecule has 0 aromatic heterocycles. The highest BCUT2D eigenvalue weighted by Gasteiger charge is 2.22. The first kappa shape index (κ1) is 13.7. The van der Waals surface area contributed by atoms with Crippen molar-refractivity contribution < 1.29 is 19.9 Å². The van der Waals surface area contributed by atoms with Crippen molar-refractivity contribution in [3.8, 4) is 5.75 Å². The lowest BCUT2D eigenvalue weighted by Crippen LogP contribution is -2.12. The smallest absolute Gasteiger partial charge is 0.339 e. The fourth-order valence-electron chi connectivity index (χ4n) is 1.17. The number of amidine groups is 1. The standard InChI is InChI=1S/C9H8ClN3O5/c10-3-7(11)12-4-1-5(9(15)16)8(14)6(2-4)13(17)18/h1-2,14H,3H2,(H2,11,12)(H,15,16). The highest BCUT2D eigenvalue weighted by Crippen LogP contribution is 2.34. The Bertz CT molecular complexity index is 508. The van der Waals surface area contributed by atoms with Crippen molar-refractivity contribution in [2.24, 2.45) is 10.7 Å². The van der Waals surface area contributed by atoms with Gasteiger partial charge in [0.05, 0.1) is 16.5 Å². The summed E-state index contributed by atoms with van der Waals surface area (Å²) in [6, 6.07) is 1.87. The first-order valence-electron chi connectivity index (χ1n) is 4.50. The van der Waals surface area contributed by atoms with Crippen LogP contribution >= 0.6 is 11.6 Å². The second-order valence-corrected chi connectivity index (χ2v) is 3.43. The molecule has 1 rings (SSSR count). The van der Waals surface area contributed by atoms with Crippen molar-refractivity contribution >= 4 is 34.8 Å². The van der Waals surface area contributed by atoms with Gasteiger partial charge < -0.3 is 15.9 Å². The van der Waals surface area contributed by atoms with Crippen molar-refractivity contribution in [1.82, 2.24) is 0 Å². The third-order valence-electron chi connectivity index (χ3n) is 1.91. The molecular formula is C9H8ClN3O5. The van der Waals surface area contributed by atoms with E-state index >= 15 is 0 Å². The minimum Gasteiger partial charge on any atom is -0.501 e. The third kappa shape index (κ3) is 2.86. The molecule has 1 aromatic carbocycles. The van der Waals surface area contributed by atoms with E-state index in [1.807, 2.05) is 0 Å². The molecule has 0 bridgehead atoms. The predicted molar refractivity (Wildman–Crippen MR) is 63.7 cm³/mol. The Morgan fingerprint density at radius 2 is 2.17 bits per heavy atom. The maximum Gasteiger partial charge on any atom is 0.339 e. The number of nitro benzene ring substituents is 1. The zero-order valence-electron chi connectivity index (χ0n) is 8.83. The first-order valence-corrected chi connectivity index (χ1v) is 5.04. The molecular weight excluding hydrogens is 266 g/mol. The van der Waals surface area contributed by atoms with Gasteiger partial charge in [0.2, 0.25) is 5.75 Å². The molecule has 0 amide bonds. The molecule has 0 unspecified atom stereocenters. The molecule has 4 N–H and O–H groups in total. The van der Waals surface area contributed by atoms with Crippen LogP contribution in [0.2, 0.25) is 0 Å². The van der Waals surface area contributed by atoms with E-state index in [1.54, 1.807) is 0 Å². The van der Waals surface area contributed by atoms with E-state index in [9.17, 15) is 20.0 Å². The van der Waals surface area contributed by atoms with Crippen LogP contribution < -0.4 is 5.73 Å². The average Bonchev–Trinajstić information content (AvgIpc) is 2.30. The summed E-state index contributed by atoms with van der Waals surface area (Å²) in [6.45, 7) is 0. The number of halogens is 1. The van der Waals surface area contributed by atoms with Gasteiger partial charge in [0.25, 0.3) is 0 Å². The van der Waals surface area contributed by atoms with Crippen LogP contribution in [0.15, 0.2) is 17.1 Å². The summed E-state index contributed by atoms with van der Waals surface area (Å²) in [5.41, 5.74) is 3.86. The van der Waals surface area contributed by atoms with E-state index in [-0.39, 0.29) is 17.4 Å². The van der Waals surface area contributed by atoms with Crippen LogP contribution in [-0.2, 0) is 0 Å². The number of aromatic carboxylic acids is 1. The molecule has 0 aliphatic heterocycles. The van der Waals surface area contributed by atoms with Gasteiger partial charge in [-0.3, -0.25) is 10.1 Å². The molecule has 0 aliphatic carbocycles. The number of carboxylic acids is 1. The summed E-state index contributed by atoms with van der Waals surface area (Å²) in [5, 5.41) is 28.9. The zero-order chi connectivity index (χ0) is 13.9. The minimum absolute atomic E-state index is 0.0343. The van der Waals surface area contributed by atoms with E-state index in [2.05, 4.69) is 4.99 Å². The van der Waals surface area contributed by atoms with Gasteiger partial charge in [-0.2, -0.15) is 0 Å². The number of nitro groups is 1. The van der Waals surface area contributed by atoms with Crippen LogP contribution in [0, 0.1) is 10.1 Å². The molecule has 96 valence electrons. The van der Waals surface area contributed by atoms with Crippen LogP contribution in [0.5, 0.6) is 5.75 Å². The number of nitrogens with zero attached hydrogens (tertiary/aromatic N) is 2. The number of aromatic hydroxyl groups is 1. The Hall–Kier alpha value is -2.35. The quantitative estimate of drug-likeness (QED) is 0.248. The highest BCUT2D eigenvalue weighted by molar-refractivity contribution is 6.28. The third-order valence-corrected chi connectivity index (χ3v) is 2.19. The molecule has 8 nitrogen and oxygen atoms in total. The number of carbonyl (C=O) groups is 1. The van der Waals surface area contributed by atoms with E-state index in [1.165, 1.54) is 0 Å². The maximum absolute atomic E-state index is 10.8. The minimum atomic E-state index is -1.52. The average molecular weight is 274 g/mol. The number of phenols is 1. The lowest BCUT2D eigenvalue weighted by molar-refractivity contribution is -0.385. The molecule has 0 heterocycles. The summed E-state index contributed by atoms with van der Waals surface area (Å²) in [5.74, 6) is -2.60. The molecule has 0 spiro atoms. The van der Waals surface area contributed by atoms with E-state index < -0.39 is 27.9 Å². The second kappa shape index (κ2) is 5.32. The van der Waals surface area contributed by atoms with E-state index in [0.29, 0.717) is 0 Å². The first-order chi connectivity index (χ1) is 8.36. The summed E-state index contributed by atoms with van der Waals surface area (Å²) >= 11 is 5.38. The van der Waals surface area contributed by atoms with Crippen LogP contribution in [0.4, 0.5) is 11.4 Å². The SMILES string of the molecule is NC(CCl)=Nc1cc(C(=O)O)c(O)c([N+](=O)[O-])c1. The molecule has 0 radical (unpaired) electrons. The summed E-state index contributed by atoms with van der Waals surface area (Å²) in [7, 11) is 0. The summed E-state index contributed by atoms with van der Waals surface area (Å²) in [4.78, 5) is 24.2. The highest BCUT2D eigenvalue weighted by atomic mass is 35.5. The molecule has 0 saturated carbocycles. The van der Waals surface area contributed by atoms with Crippen LogP contribution in [0.1, 0.15) is 10.4 Å². The van der Waals surface area contributed by atoms with Crippen LogP contribution in [-0.4, -0.2) is 32.8 Å². The number of carboxylic acid groups (broad SMARTS) is 1. The number of benzene rings is 1. The number of hydrogen-bond donors (Lipinski definition) is 3. The molecule has 9 heteroatoms. The summed E-state index contributed by atoms with van der Waals surface area (Å²) < 4.78 is 0. The molecule has 0 fully saturated rings. The molecule has 18 heavy (non-hydrogen) atoms. The van der Waals surface area contributed by atoms with Gasteiger partial charge in [-0.1, -0.05) is 0 Å². The predicted octanol–water partition coefficient (Wildman–Crippen LogP) is 1.23. The largest absolute Gasteiger partial charge is 0.501 e. The molecule has 0 saturated heterocycles. The normalized spacial score (nSPS) is 11.3.